The van der Waals surface area contributed by atoms with Gasteiger partial charge in [0.15, 0.2) is 0 Å². The van der Waals surface area contributed by atoms with E-state index in [0.717, 1.165) is 42.7 Å². The quantitative estimate of drug-likeness (QED) is 0.750. The Kier molecular flexibility index (Phi) is 6.61. The summed E-state index contributed by atoms with van der Waals surface area (Å²) in [6.45, 7) is 5.75. The first-order valence-corrected chi connectivity index (χ1v) is 8.67. The van der Waals surface area contributed by atoms with E-state index in [1.165, 1.54) is 0 Å². The van der Waals surface area contributed by atoms with Gasteiger partial charge in [0.2, 0.25) is 5.91 Å². The van der Waals surface area contributed by atoms with Gasteiger partial charge in [-0.25, -0.2) is 4.79 Å². The van der Waals surface area contributed by atoms with Gasteiger partial charge in [-0.2, -0.15) is 0 Å². The Labute approximate surface area is 144 Å². The molecule has 6 nitrogen and oxygen atoms in total. The second-order valence-corrected chi connectivity index (χ2v) is 6.39. The van der Waals surface area contributed by atoms with Gasteiger partial charge in [0, 0.05) is 36.9 Å². The van der Waals surface area contributed by atoms with E-state index in [2.05, 4.69) is 41.7 Å². The molecular formula is C18H28N4O2. The molecule has 1 atom stereocenters. The van der Waals surface area contributed by atoms with Gasteiger partial charge in [0.25, 0.3) is 0 Å². The molecule has 0 aromatic heterocycles. The lowest BCUT2D eigenvalue weighted by atomic mass is 10.1. The number of anilines is 2. The summed E-state index contributed by atoms with van der Waals surface area (Å²) < 4.78 is 0. The van der Waals surface area contributed by atoms with Gasteiger partial charge in [-0.1, -0.05) is 6.92 Å². The molecule has 1 aliphatic rings. The molecule has 0 saturated carbocycles. The van der Waals surface area contributed by atoms with Gasteiger partial charge in [-0.05, 0) is 57.0 Å². The van der Waals surface area contributed by atoms with Crippen molar-refractivity contribution < 1.29 is 9.59 Å². The predicted molar refractivity (Wildman–Crippen MR) is 97.4 cm³/mol. The SMILES string of the molecule is CCC(C)N(C)CCNC(=O)Nc1ccc2c(c1)CCCC(=O)N2. The number of nitrogens with zero attached hydrogens (tertiary/aromatic N) is 1. The highest BCUT2D eigenvalue weighted by molar-refractivity contribution is 5.94. The molecule has 1 heterocycles. The summed E-state index contributed by atoms with van der Waals surface area (Å²) in [5.41, 5.74) is 2.66. The van der Waals surface area contributed by atoms with Gasteiger partial charge in [0.1, 0.15) is 0 Å². The van der Waals surface area contributed by atoms with Crippen molar-refractivity contribution in [3.05, 3.63) is 23.8 Å². The van der Waals surface area contributed by atoms with Crippen molar-refractivity contribution in [3.8, 4) is 0 Å². The molecule has 0 aliphatic carbocycles. The van der Waals surface area contributed by atoms with Crippen molar-refractivity contribution in [1.82, 2.24) is 10.2 Å². The number of hydrogen-bond acceptors (Lipinski definition) is 3. The molecule has 0 radical (unpaired) electrons. The maximum Gasteiger partial charge on any atom is 0.319 e. The minimum atomic E-state index is -0.204. The number of nitrogens with one attached hydrogen (secondary N) is 3. The highest BCUT2D eigenvalue weighted by Crippen LogP contribution is 2.25. The van der Waals surface area contributed by atoms with E-state index in [1.54, 1.807) is 0 Å². The van der Waals surface area contributed by atoms with Crippen LogP contribution < -0.4 is 16.0 Å². The van der Waals surface area contributed by atoms with Crippen LogP contribution >= 0.6 is 0 Å². The molecule has 3 N–H and O–H groups in total. The number of aryl methyl sites for hydroxylation is 1. The topological polar surface area (TPSA) is 73.5 Å². The number of carbonyl (C=O) groups excluding carboxylic acids is 2. The van der Waals surface area contributed by atoms with Gasteiger partial charge >= 0.3 is 6.03 Å². The van der Waals surface area contributed by atoms with Crippen LogP contribution in [0.5, 0.6) is 0 Å². The van der Waals surface area contributed by atoms with Crippen molar-refractivity contribution >= 4 is 23.3 Å². The number of amides is 3. The highest BCUT2D eigenvalue weighted by Gasteiger charge is 2.13. The van der Waals surface area contributed by atoms with Crippen molar-refractivity contribution in [2.24, 2.45) is 0 Å². The summed E-state index contributed by atoms with van der Waals surface area (Å²) in [4.78, 5) is 25.8. The summed E-state index contributed by atoms with van der Waals surface area (Å²) >= 11 is 0. The molecule has 2 rings (SSSR count). The molecule has 0 fully saturated rings. The van der Waals surface area contributed by atoms with E-state index in [9.17, 15) is 9.59 Å². The zero-order chi connectivity index (χ0) is 17.5. The zero-order valence-electron chi connectivity index (χ0n) is 14.8. The van der Waals surface area contributed by atoms with Crippen molar-refractivity contribution in [2.45, 2.75) is 45.6 Å². The molecule has 0 bridgehead atoms. The lowest BCUT2D eigenvalue weighted by molar-refractivity contribution is -0.116. The summed E-state index contributed by atoms with van der Waals surface area (Å²) in [5, 5.41) is 8.63. The second-order valence-electron chi connectivity index (χ2n) is 6.39. The predicted octanol–water partition coefficient (Wildman–Crippen LogP) is 2.81. The van der Waals surface area contributed by atoms with Gasteiger partial charge < -0.3 is 20.9 Å². The van der Waals surface area contributed by atoms with Crippen LogP contribution in [0.4, 0.5) is 16.2 Å². The zero-order valence-corrected chi connectivity index (χ0v) is 14.8. The Morgan fingerprint density at radius 2 is 2.17 bits per heavy atom. The molecule has 1 unspecified atom stereocenters. The smallest absolute Gasteiger partial charge is 0.319 e. The summed E-state index contributed by atoms with van der Waals surface area (Å²) in [6, 6.07) is 5.91. The van der Waals surface area contributed by atoms with Crippen molar-refractivity contribution in [2.75, 3.05) is 30.8 Å². The number of likely N-dealkylation sites (N-methyl/N-ethyl adjacent to an activating group) is 1. The van der Waals surface area contributed by atoms with E-state index in [1.807, 2.05) is 18.2 Å². The largest absolute Gasteiger partial charge is 0.337 e. The lowest BCUT2D eigenvalue weighted by Gasteiger charge is -2.23. The fourth-order valence-corrected chi connectivity index (χ4v) is 2.71. The first-order valence-electron chi connectivity index (χ1n) is 8.67. The Hall–Kier alpha value is -2.08. The third kappa shape index (κ3) is 5.23. The summed E-state index contributed by atoms with van der Waals surface area (Å²) in [6.07, 6.45) is 3.30. The maximum absolute atomic E-state index is 12.0. The molecule has 3 amide bonds. The number of hydrogen-bond donors (Lipinski definition) is 3. The number of rotatable bonds is 6. The van der Waals surface area contributed by atoms with Crippen LogP contribution in [0.3, 0.4) is 0 Å². The summed E-state index contributed by atoms with van der Waals surface area (Å²) in [7, 11) is 2.06. The fourth-order valence-electron chi connectivity index (χ4n) is 2.71. The molecule has 1 aromatic carbocycles. The van der Waals surface area contributed by atoms with Crippen LogP contribution in [0, 0.1) is 0 Å². The van der Waals surface area contributed by atoms with Crippen LogP contribution in [0.1, 0.15) is 38.7 Å². The number of benzene rings is 1. The average Bonchev–Trinajstić information content (AvgIpc) is 2.74. The maximum atomic E-state index is 12.0. The standard InChI is InChI=1S/C18H28N4O2/c1-4-13(2)22(3)11-10-19-18(24)20-15-8-9-16-14(12-15)6-5-7-17(23)21-16/h8-9,12-13H,4-7,10-11H2,1-3H3,(H,21,23)(H2,19,20,24). The Morgan fingerprint density at radius 3 is 2.92 bits per heavy atom. The average molecular weight is 332 g/mol. The van der Waals surface area contributed by atoms with E-state index in [-0.39, 0.29) is 11.9 Å². The Balaban J connectivity index is 1.84. The van der Waals surface area contributed by atoms with Crippen molar-refractivity contribution in [3.63, 3.8) is 0 Å². The molecule has 132 valence electrons. The minimum Gasteiger partial charge on any atom is -0.337 e. The van der Waals surface area contributed by atoms with Gasteiger partial charge in [-0.3, -0.25) is 4.79 Å². The molecule has 1 aliphatic heterocycles. The molecule has 24 heavy (non-hydrogen) atoms. The van der Waals surface area contributed by atoms with Crippen LogP contribution in [-0.2, 0) is 11.2 Å². The molecule has 6 heteroatoms. The van der Waals surface area contributed by atoms with Crippen LogP contribution in [0.15, 0.2) is 18.2 Å². The second kappa shape index (κ2) is 8.68. The summed E-state index contributed by atoms with van der Waals surface area (Å²) in [5.74, 6) is 0.0534. The number of carbonyl (C=O) groups is 2. The first-order chi connectivity index (χ1) is 11.5. The van der Waals surface area contributed by atoms with E-state index in [4.69, 9.17) is 0 Å². The Bertz CT molecular complexity index is 588. The first kappa shape index (κ1) is 18.3. The highest BCUT2D eigenvalue weighted by atomic mass is 16.2. The van der Waals surface area contributed by atoms with E-state index in [0.29, 0.717) is 19.0 Å². The lowest BCUT2D eigenvalue weighted by Crippen LogP contribution is -2.38. The monoisotopic (exact) mass is 332 g/mol. The van der Waals surface area contributed by atoms with E-state index < -0.39 is 0 Å². The van der Waals surface area contributed by atoms with Gasteiger partial charge in [-0.15, -0.1) is 0 Å². The normalized spacial score (nSPS) is 15.2. The number of urea groups is 1. The van der Waals surface area contributed by atoms with Gasteiger partial charge in [0.05, 0.1) is 0 Å². The van der Waals surface area contributed by atoms with Crippen molar-refractivity contribution in [1.29, 1.82) is 0 Å². The van der Waals surface area contributed by atoms with E-state index >= 15 is 0 Å². The minimum absolute atomic E-state index is 0.0534. The molecule has 0 spiro atoms. The van der Waals surface area contributed by atoms with Crippen LogP contribution in [0.25, 0.3) is 0 Å². The third-order valence-electron chi connectivity index (χ3n) is 4.58. The van der Waals surface area contributed by atoms with Crippen LogP contribution in [-0.4, -0.2) is 43.0 Å². The number of fused-ring (bicyclic) bond motifs is 1. The molecule has 0 saturated heterocycles. The third-order valence-corrected chi connectivity index (χ3v) is 4.58. The fraction of sp³-hybridized carbons (Fsp3) is 0.556. The molecule has 1 aromatic rings. The molecular weight excluding hydrogens is 304 g/mol. The van der Waals surface area contributed by atoms with Crippen LogP contribution in [0.2, 0.25) is 0 Å². The Morgan fingerprint density at radius 1 is 1.38 bits per heavy atom.